The minimum absolute atomic E-state index is 0.356. The molecule has 0 heterocycles. The fourth-order valence-corrected chi connectivity index (χ4v) is 2.87. The van der Waals surface area contributed by atoms with Gasteiger partial charge in [0.25, 0.3) is 0 Å². The molecule has 0 saturated heterocycles. The lowest BCUT2D eigenvalue weighted by Crippen LogP contribution is -1.92. The van der Waals surface area contributed by atoms with E-state index < -0.39 is 5.82 Å². The van der Waals surface area contributed by atoms with Crippen molar-refractivity contribution in [2.75, 3.05) is 0 Å². The third kappa shape index (κ3) is 4.97. The number of hydrogen-bond donors (Lipinski definition) is 0. The Kier molecular flexibility index (Phi) is 6.10. The van der Waals surface area contributed by atoms with Gasteiger partial charge < -0.3 is 0 Å². The number of halogens is 2. The van der Waals surface area contributed by atoms with Gasteiger partial charge in [-0.2, -0.15) is 0 Å². The van der Waals surface area contributed by atoms with Crippen LogP contribution in [0.15, 0.2) is 66.7 Å². The molecular formula is C24H20ClF. The Morgan fingerprint density at radius 1 is 0.769 bits per heavy atom. The van der Waals surface area contributed by atoms with Crippen LogP contribution in [-0.2, 0) is 19.3 Å². The molecule has 0 radical (unpaired) electrons. The van der Waals surface area contributed by atoms with Gasteiger partial charge in [-0.05, 0) is 66.3 Å². The Labute approximate surface area is 159 Å². The van der Waals surface area contributed by atoms with Crippen molar-refractivity contribution in [2.24, 2.45) is 0 Å². The van der Waals surface area contributed by atoms with Crippen molar-refractivity contribution in [1.29, 1.82) is 0 Å². The van der Waals surface area contributed by atoms with Gasteiger partial charge in [-0.15, -0.1) is 0 Å². The molecule has 0 N–H and O–H groups in total. The van der Waals surface area contributed by atoms with Crippen LogP contribution in [0.5, 0.6) is 0 Å². The summed E-state index contributed by atoms with van der Waals surface area (Å²) in [5.74, 6) is 5.47. The molecule has 2 heteroatoms. The molecule has 0 unspecified atom stereocenters. The highest BCUT2D eigenvalue weighted by Crippen LogP contribution is 2.14. The van der Waals surface area contributed by atoms with E-state index in [1.165, 1.54) is 22.8 Å². The van der Waals surface area contributed by atoms with E-state index >= 15 is 0 Å². The van der Waals surface area contributed by atoms with Crippen LogP contribution in [0, 0.1) is 17.7 Å². The molecule has 0 aliphatic rings. The Morgan fingerprint density at radius 2 is 1.35 bits per heavy atom. The van der Waals surface area contributed by atoms with E-state index in [4.69, 9.17) is 11.6 Å². The average molecular weight is 363 g/mol. The molecule has 0 saturated carbocycles. The summed E-state index contributed by atoms with van der Waals surface area (Å²) in [6.45, 7) is 2.17. The first-order valence-electron chi connectivity index (χ1n) is 8.78. The summed E-state index contributed by atoms with van der Waals surface area (Å²) >= 11 is 5.75. The summed E-state index contributed by atoms with van der Waals surface area (Å²) in [6.07, 6.45) is 3.08. The van der Waals surface area contributed by atoms with Gasteiger partial charge in [0.2, 0.25) is 0 Å². The molecule has 26 heavy (non-hydrogen) atoms. The monoisotopic (exact) mass is 362 g/mol. The molecule has 0 amide bonds. The fraction of sp³-hybridized carbons (Fsp3) is 0.167. The van der Waals surface area contributed by atoms with Crippen molar-refractivity contribution < 1.29 is 4.39 Å². The van der Waals surface area contributed by atoms with E-state index in [1.54, 1.807) is 12.1 Å². The zero-order valence-corrected chi connectivity index (χ0v) is 15.5. The SMILES string of the molecule is CCc1ccc(CCc2ccc(C#Cc3ccc(Cl)cc3F)cc2)cc1. The topological polar surface area (TPSA) is 0 Å². The van der Waals surface area contributed by atoms with Crippen molar-refractivity contribution in [3.63, 3.8) is 0 Å². The van der Waals surface area contributed by atoms with Gasteiger partial charge in [0.15, 0.2) is 0 Å². The van der Waals surface area contributed by atoms with E-state index in [9.17, 15) is 4.39 Å². The van der Waals surface area contributed by atoms with Gasteiger partial charge in [-0.3, -0.25) is 0 Å². The molecule has 0 aliphatic carbocycles. The highest BCUT2D eigenvalue weighted by Gasteiger charge is 2.00. The van der Waals surface area contributed by atoms with E-state index in [2.05, 4.69) is 55.2 Å². The van der Waals surface area contributed by atoms with Crippen LogP contribution in [0.2, 0.25) is 5.02 Å². The minimum atomic E-state index is -0.393. The predicted molar refractivity (Wildman–Crippen MR) is 107 cm³/mol. The average Bonchev–Trinajstić information content (AvgIpc) is 2.67. The molecule has 0 aliphatic heterocycles. The van der Waals surface area contributed by atoms with E-state index in [-0.39, 0.29) is 0 Å². The predicted octanol–water partition coefficient (Wildman–Crippen LogP) is 6.23. The summed E-state index contributed by atoms with van der Waals surface area (Å²) in [5, 5.41) is 0.377. The summed E-state index contributed by atoms with van der Waals surface area (Å²) in [4.78, 5) is 0. The highest BCUT2D eigenvalue weighted by molar-refractivity contribution is 6.30. The van der Waals surface area contributed by atoms with Gasteiger partial charge in [-0.25, -0.2) is 4.39 Å². The number of benzene rings is 3. The molecule has 3 rings (SSSR count). The molecule has 3 aromatic rings. The van der Waals surface area contributed by atoms with Gasteiger partial charge in [-0.1, -0.05) is 66.8 Å². The van der Waals surface area contributed by atoms with Gasteiger partial charge in [0.1, 0.15) is 5.82 Å². The van der Waals surface area contributed by atoms with Crippen LogP contribution in [0.3, 0.4) is 0 Å². The number of aryl methyl sites for hydroxylation is 3. The fourth-order valence-electron chi connectivity index (χ4n) is 2.72. The van der Waals surface area contributed by atoms with Crippen LogP contribution < -0.4 is 0 Å². The summed E-state index contributed by atoms with van der Waals surface area (Å²) in [7, 11) is 0. The molecule has 0 spiro atoms. The highest BCUT2D eigenvalue weighted by atomic mass is 35.5. The Hall–Kier alpha value is -2.56. The summed E-state index contributed by atoms with van der Waals surface area (Å²) < 4.78 is 13.7. The first-order valence-corrected chi connectivity index (χ1v) is 9.15. The van der Waals surface area contributed by atoms with Crippen LogP contribution in [0.25, 0.3) is 0 Å². The third-order valence-corrected chi connectivity index (χ3v) is 4.60. The molecule has 130 valence electrons. The normalized spacial score (nSPS) is 10.3. The molecule has 0 nitrogen and oxygen atoms in total. The largest absolute Gasteiger partial charge is 0.206 e. The Morgan fingerprint density at radius 3 is 1.92 bits per heavy atom. The quantitative estimate of drug-likeness (QED) is 0.483. The lowest BCUT2D eigenvalue weighted by Gasteiger charge is -2.04. The lowest BCUT2D eigenvalue weighted by molar-refractivity contribution is 0.624. The third-order valence-electron chi connectivity index (χ3n) is 4.36. The van der Waals surface area contributed by atoms with Crippen molar-refractivity contribution in [3.8, 4) is 11.8 Å². The van der Waals surface area contributed by atoms with Crippen molar-refractivity contribution in [1.82, 2.24) is 0 Å². The first-order chi connectivity index (χ1) is 12.6. The van der Waals surface area contributed by atoms with Gasteiger partial charge >= 0.3 is 0 Å². The second-order valence-electron chi connectivity index (χ2n) is 6.24. The van der Waals surface area contributed by atoms with Crippen LogP contribution in [0.4, 0.5) is 4.39 Å². The van der Waals surface area contributed by atoms with Crippen LogP contribution in [-0.4, -0.2) is 0 Å². The van der Waals surface area contributed by atoms with E-state index in [0.717, 1.165) is 24.8 Å². The maximum atomic E-state index is 13.7. The van der Waals surface area contributed by atoms with Crippen molar-refractivity contribution >= 4 is 11.6 Å². The summed E-state index contributed by atoms with van der Waals surface area (Å²) in [6, 6.07) is 21.5. The van der Waals surface area contributed by atoms with Gasteiger partial charge in [0.05, 0.1) is 5.56 Å². The lowest BCUT2D eigenvalue weighted by atomic mass is 10.0. The smallest absolute Gasteiger partial charge is 0.140 e. The molecule has 3 aromatic carbocycles. The molecule has 0 aromatic heterocycles. The van der Waals surface area contributed by atoms with E-state index in [0.29, 0.717) is 10.6 Å². The number of hydrogen-bond acceptors (Lipinski definition) is 0. The molecule has 0 fully saturated rings. The standard InChI is InChI=1S/C24H20ClF/c1-2-18-3-5-19(6-4-18)7-8-20-9-11-21(12-10-20)13-14-22-15-16-23(25)17-24(22)26/h3-6,9-12,15-17H,2,7-8H2,1H3. The van der Waals surface area contributed by atoms with Gasteiger partial charge in [0, 0.05) is 10.6 Å². The Bertz CT molecular complexity index is 929. The zero-order chi connectivity index (χ0) is 18.4. The maximum Gasteiger partial charge on any atom is 0.140 e. The minimum Gasteiger partial charge on any atom is -0.206 e. The zero-order valence-electron chi connectivity index (χ0n) is 14.7. The Balaban J connectivity index is 1.62. The van der Waals surface area contributed by atoms with E-state index in [1.807, 2.05) is 12.1 Å². The van der Waals surface area contributed by atoms with Crippen molar-refractivity contribution in [2.45, 2.75) is 26.2 Å². The molecule has 0 bridgehead atoms. The summed E-state index contributed by atoms with van der Waals surface area (Å²) in [5.41, 5.74) is 5.22. The second-order valence-corrected chi connectivity index (χ2v) is 6.68. The second kappa shape index (κ2) is 8.70. The maximum absolute atomic E-state index is 13.7. The molecular weight excluding hydrogens is 343 g/mol. The first kappa shape index (κ1) is 18.2. The van der Waals surface area contributed by atoms with Crippen molar-refractivity contribution in [3.05, 3.63) is 105 Å². The van der Waals surface area contributed by atoms with Crippen LogP contribution >= 0.6 is 11.6 Å². The molecule has 0 atom stereocenters. The number of rotatable bonds is 4. The van der Waals surface area contributed by atoms with Crippen LogP contribution in [0.1, 0.15) is 34.7 Å².